The largest absolute Gasteiger partial charge is 0.494 e. The molecule has 1 saturated carbocycles. The summed E-state index contributed by atoms with van der Waals surface area (Å²) in [6.07, 6.45) is 4.30. The predicted molar refractivity (Wildman–Crippen MR) is 126 cm³/mol. The molecule has 1 aliphatic heterocycles. The van der Waals surface area contributed by atoms with E-state index in [-0.39, 0.29) is 17.9 Å². The van der Waals surface area contributed by atoms with Gasteiger partial charge in [0, 0.05) is 11.6 Å². The van der Waals surface area contributed by atoms with Gasteiger partial charge in [-0.3, -0.25) is 9.59 Å². The van der Waals surface area contributed by atoms with Gasteiger partial charge < -0.3 is 19.5 Å². The van der Waals surface area contributed by atoms with Gasteiger partial charge in [0.2, 0.25) is 5.91 Å². The van der Waals surface area contributed by atoms with Crippen LogP contribution >= 0.6 is 11.3 Å². The fourth-order valence-electron chi connectivity index (χ4n) is 5.03. The van der Waals surface area contributed by atoms with E-state index in [0.29, 0.717) is 25.4 Å². The Balaban J connectivity index is 1.55. The molecule has 0 bridgehead atoms. The summed E-state index contributed by atoms with van der Waals surface area (Å²) >= 11 is 1.62. The molecule has 0 spiro atoms. The summed E-state index contributed by atoms with van der Waals surface area (Å²) in [5.41, 5.74) is 1.57. The molecule has 5 rings (SSSR count). The lowest BCUT2D eigenvalue weighted by molar-refractivity contribution is -0.133. The van der Waals surface area contributed by atoms with Crippen LogP contribution in [0.5, 0.6) is 5.75 Å². The first-order valence-electron chi connectivity index (χ1n) is 11.4. The maximum absolute atomic E-state index is 13.8. The third-order valence-corrected chi connectivity index (χ3v) is 7.68. The molecule has 0 radical (unpaired) electrons. The van der Waals surface area contributed by atoms with Gasteiger partial charge in [-0.1, -0.05) is 31.0 Å². The number of nitrogens with one attached hydrogen (secondary N) is 1. The molecular weight excluding hydrogens is 422 g/mol. The van der Waals surface area contributed by atoms with Crippen molar-refractivity contribution in [2.45, 2.75) is 64.2 Å². The number of carbonyl (C=O) groups is 2. The molecule has 3 aromatic rings. The number of aromatic nitrogens is 1. The minimum Gasteiger partial charge on any atom is -0.494 e. The van der Waals surface area contributed by atoms with Crippen molar-refractivity contribution in [3.05, 3.63) is 53.0 Å². The maximum Gasteiger partial charge on any atom is 0.271 e. The molecule has 1 N–H and O–H groups in total. The van der Waals surface area contributed by atoms with Crippen LogP contribution in [-0.4, -0.2) is 39.5 Å². The van der Waals surface area contributed by atoms with Crippen LogP contribution in [0, 0.1) is 0 Å². The lowest BCUT2D eigenvalue weighted by atomic mass is 9.93. The zero-order valence-electron chi connectivity index (χ0n) is 18.6. The summed E-state index contributed by atoms with van der Waals surface area (Å²) in [5, 5.41) is 5.29. The van der Waals surface area contributed by atoms with E-state index >= 15 is 0 Å². The molecular formula is C25H29N3O3S. The van der Waals surface area contributed by atoms with Gasteiger partial charge in [0.25, 0.3) is 5.91 Å². The highest BCUT2D eigenvalue weighted by Crippen LogP contribution is 2.36. The van der Waals surface area contributed by atoms with Crippen LogP contribution in [0.1, 0.15) is 55.6 Å². The third-order valence-electron chi connectivity index (χ3n) is 6.83. The van der Waals surface area contributed by atoms with Crippen molar-refractivity contribution in [3.63, 3.8) is 0 Å². The summed E-state index contributed by atoms with van der Waals surface area (Å²) in [6.45, 7) is 5.15. The van der Waals surface area contributed by atoms with E-state index in [1.54, 1.807) is 16.2 Å². The van der Waals surface area contributed by atoms with Gasteiger partial charge in [-0.25, -0.2) is 0 Å². The second kappa shape index (κ2) is 8.28. The van der Waals surface area contributed by atoms with Crippen molar-refractivity contribution in [2.24, 2.45) is 0 Å². The van der Waals surface area contributed by atoms with Gasteiger partial charge in [0.1, 0.15) is 17.0 Å². The fourth-order valence-corrected chi connectivity index (χ4v) is 5.86. The zero-order chi connectivity index (χ0) is 22.3. The van der Waals surface area contributed by atoms with Crippen molar-refractivity contribution < 1.29 is 14.3 Å². The Morgan fingerprint density at radius 2 is 2.03 bits per heavy atom. The van der Waals surface area contributed by atoms with Crippen molar-refractivity contribution >= 4 is 33.4 Å². The number of hydrogen-bond acceptors (Lipinski definition) is 4. The van der Waals surface area contributed by atoms with E-state index in [2.05, 4.69) is 5.32 Å². The number of benzene rings is 1. The number of nitrogens with zero attached hydrogens (tertiary/aromatic N) is 2. The molecule has 32 heavy (non-hydrogen) atoms. The Kier molecular flexibility index (Phi) is 5.45. The highest BCUT2D eigenvalue weighted by Gasteiger charge is 2.48. The topological polar surface area (TPSA) is 63.6 Å². The summed E-state index contributed by atoms with van der Waals surface area (Å²) in [5.74, 6) is 0.563. The Hall–Kier alpha value is -2.80. The standard InChI is InChI=1S/C25H29N3O3S/c1-3-31-21-11-7-4-8-17(21)15-28-23(29)20-14-22-19(12-13-32-22)27(20)16-25(28,2)24(30)26-18-9-5-6-10-18/h4,7-8,11-14,18H,3,5-6,9-10,15-16H2,1-2H3,(H,26,30). The number of carbonyl (C=O) groups excluding carboxylic acids is 2. The molecule has 2 amide bonds. The summed E-state index contributed by atoms with van der Waals surface area (Å²) in [4.78, 5) is 29.2. The molecule has 1 atom stereocenters. The van der Waals surface area contributed by atoms with Crippen LogP contribution in [0.2, 0.25) is 0 Å². The van der Waals surface area contributed by atoms with Crippen LogP contribution in [-0.2, 0) is 17.9 Å². The second-order valence-corrected chi connectivity index (χ2v) is 9.89. The van der Waals surface area contributed by atoms with Crippen LogP contribution in [0.4, 0.5) is 0 Å². The molecule has 1 unspecified atom stereocenters. The van der Waals surface area contributed by atoms with E-state index in [4.69, 9.17) is 4.74 Å². The van der Waals surface area contributed by atoms with E-state index in [0.717, 1.165) is 47.2 Å². The summed E-state index contributed by atoms with van der Waals surface area (Å²) in [6, 6.07) is 11.9. The highest BCUT2D eigenvalue weighted by atomic mass is 32.1. The number of thiophene rings is 1. The quantitative estimate of drug-likeness (QED) is 0.597. The van der Waals surface area contributed by atoms with E-state index in [1.165, 1.54) is 0 Å². The fraction of sp³-hybridized carbons (Fsp3) is 0.440. The van der Waals surface area contributed by atoms with Crippen LogP contribution in [0.3, 0.4) is 0 Å². The first kappa shape index (κ1) is 21.1. The Bertz CT molecular complexity index is 1160. The van der Waals surface area contributed by atoms with Crippen molar-refractivity contribution in [3.8, 4) is 5.75 Å². The molecule has 0 saturated heterocycles. The molecule has 2 aliphatic rings. The molecule has 7 heteroatoms. The Labute approximate surface area is 192 Å². The maximum atomic E-state index is 13.8. The molecule has 168 valence electrons. The molecule has 3 heterocycles. The average molecular weight is 452 g/mol. The SMILES string of the molecule is CCOc1ccccc1CN1C(=O)c2cc3sccc3n2CC1(C)C(=O)NC1CCCC1. The number of ether oxygens (including phenoxy) is 1. The number of hydrogen-bond donors (Lipinski definition) is 1. The molecule has 6 nitrogen and oxygen atoms in total. The van der Waals surface area contributed by atoms with Crippen LogP contribution in [0.25, 0.3) is 10.2 Å². The summed E-state index contributed by atoms with van der Waals surface area (Å²) in [7, 11) is 0. The van der Waals surface area contributed by atoms with Gasteiger partial charge >= 0.3 is 0 Å². The predicted octanol–water partition coefficient (Wildman–Crippen LogP) is 4.58. The van der Waals surface area contributed by atoms with Crippen molar-refractivity contribution in [1.82, 2.24) is 14.8 Å². The monoisotopic (exact) mass is 451 g/mol. The van der Waals surface area contributed by atoms with E-state index in [1.807, 2.05) is 60.2 Å². The lowest BCUT2D eigenvalue weighted by Crippen LogP contribution is -2.64. The van der Waals surface area contributed by atoms with Crippen molar-refractivity contribution in [1.29, 1.82) is 0 Å². The molecule has 2 aromatic heterocycles. The summed E-state index contributed by atoms with van der Waals surface area (Å²) < 4.78 is 8.91. The number of rotatable bonds is 6. The van der Waals surface area contributed by atoms with Gasteiger partial charge in [-0.2, -0.15) is 0 Å². The van der Waals surface area contributed by atoms with Crippen molar-refractivity contribution in [2.75, 3.05) is 6.61 Å². The van der Waals surface area contributed by atoms with Gasteiger partial charge in [-0.15, -0.1) is 11.3 Å². The van der Waals surface area contributed by atoms with Crippen LogP contribution in [0.15, 0.2) is 41.8 Å². The number of amides is 2. The third kappa shape index (κ3) is 3.48. The van der Waals surface area contributed by atoms with Gasteiger partial charge in [0.15, 0.2) is 0 Å². The lowest BCUT2D eigenvalue weighted by Gasteiger charge is -2.44. The first-order valence-corrected chi connectivity index (χ1v) is 12.3. The number of fused-ring (bicyclic) bond motifs is 3. The Morgan fingerprint density at radius 1 is 1.25 bits per heavy atom. The minimum absolute atomic E-state index is 0.0747. The Morgan fingerprint density at radius 3 is 2.81 bits per heavy atom. The first-order chi connectivity index (χ1) is 15.5. The van der Waals surface area contributed by atoms with Gasteiger partial charge in [-0.05, 0) is 50.3 Å². The van der Waals surface area contributed by atoms with Crippen LogP contribution < -0.4 is 10.1 Å². The van der Waals surface area contributed by atoms with E-state index < -0.39 is 5.54 Å². The molecule has 1 aliphatic carbocycles. The number of para-hydroxylation sites is 1. The second-order valence-electron chi connectivity index (χ2n) is 8.95. The zero-order valence-corrected chi connectivity index (χ0v) is 19.4. The van der Waals surface area contributed by atoms with Gasteiger partial charge in [0.05, 0.1) is 29.9 Å². The van der Waals surface area contributed by atoms with E-state index in [9.17, 15) is 9.59 Å². The highest BCUT2D eigenvalue weighted by molar-refractivity contribution is 7.17. The average Bonchev–Trinajstić information content (AvgIpc) is 3.51. The smallest absolute Gasteiger partial charge is 0.271 e. The normalized spacial score (nSPS) is 21.2. The molecule has 1 aromatic carbocycles. The molecule has 1 fully saturated rings. The minimum atomic E-state index is -1.00.